The van der Waals surface area contributed by atoms with Gasteiger partial charge in [-0.2, -0.15) is 0 Å². The van der Waals surface area contributed by atoms with E-state index in [1.54, 1.807) is 0 Å². The van der Waals surface area contributed by atoms with Crippen LogP contribution in [0.3, 0.4) is 0 Å². The van der Waals surface area contributed by atoms with Crippen molar-refractivity contribution >= 4 is 54.3 Å². The Labute approximate surface area is 236 Å². The molecule has 0 bridgehead atoms. The summed E-state index contributed by atoms with van der Waals surface area (Å²) >= 11 is 0. The lowest BCUT2D eigenvalue weighted by Crippen LogP contribution is -1.92. The second kappa shape index (κ2) is 8.83. The molecule has 1 nitrogen and oxygen atoms in total. The third-order valence-electron chi connectivity index (χ3n) is 8.28. The lowest BCUT2D eigenvalue weighted by Gasteiger charge is -2.18. The van der Waals surface area contributed by atoms with Gasteiger partial charge in [-0.05, 0) is 84.2 Å². The Kier molecular flexibility index (Phi) is 4.63. The maximum atomic E-state index is 8.98. The molecule has 1 heterocycles. The van der Waals surface area contributed by atoms with Crippen LogP contribution in [-0.4, -0.2) is 0 Å². The van der Waals surface area contributed by atoms with Crippen molar-refractivity contribution in [2.45, 2.75) is 19.8 Å². The fraction of sp³-hybridized carbons (Fsp3) is 0.0769. The Morgan fingerprint density at radius 3 is 1.70 bits per heavy atom. The first kappa shape index (κ1) is 21.0. The van der Waals surface area contributed by atoms with Crippen LogP contribution in [0.4, 0.5) is 0 Å². The molecular formula is C39H28O. The van der Waals surface area contributed by atoms with Crippen molar-refractivity contribution in [3.05, 3.63) is 133 Å². The summed E-state index contributed by atoms with van der Waals surface area (Å²) in [4.78, 5) is 0. The minimum absolute atomic E-state index is 0.126. The van der Waals surface area contributed by atoms with E-state index in [0.717, 1.165) is 38.3 Å². The first-order valence-electron chi connectivity index (χ1n) is 14.9. The molecule has 0 aliphatic carbocycles. The molecule has 7 aromatic carbocycles. The van der Waals surface area contributed by atoms with Crippen molar-refractivity contribution in [2.24, 2.45) is 0 Å². The maximum absolute atomic E-state index is 8.98. The van der Waals surface area contributed by atoms with Crippen LogP contribution in [0.25, 0.3) is 76.5 Å². The zero-order valence-corrected chi connectivity index (χ0v) is 22.5. The van der Waals surface area contributed by atoms with Gasteiger partial charge >= 0.3 is 0 Å². The molecule has 0 fully saturated rings. The van der Waals surface area contributed by atoms with E-state index in [0.29, 0.717) is 11.5 Å². The number of furan rings is 1. The topological polar surface area (TPSA) is 13.1 Å². The molecule has 0 spiro atoms. The largest absolute Gasteiger partial charge is 0.456 e. The number of benzene rings is 7. The molecule has 0 amide bonds. The highest BCUT2D eigenvalue weighted by Crippen LogP contribution is 2.45. The SMILES string of the molecule is [2H]c1c([2H])c2oc3ccccc3c2c2ccc(-c3c4ccccc4c(-c4ccc(C(C)C)cc4)c4ccccc34)cc12. The van der Waals surface area contributed by atoms with Gasteiger partial charge in [0.05, 0.1) is 2.74 Å². The van der Waals surface area contributed by atoms with Gasteiger partial charge < -0.3 is 4.42 Å². The number of fused-ring (bicyclic) bond motifs is 7. The van der Waals surface area contributed by atoms with Gasteiger partial charge in [-0.1, -0.05) is 123 Å². The molecule has 8 rings (SSSR count). The standard InChI is InChI=1S/C39H28O/c1-24(2)25-15-17-26(18-16-25)37-30-9-3-5-11-32(30)38(33-12-6-4-10-31(33)37)28-19-21-29-27(23-28)20-22-36-39(29)34-13-7-8-14-35(34)40-36/h3-24H,1-2H3/i20D,22D. The Hall–Kier alpha value is -4.88. The Morgan fingerprint density at radius 1 is 0.525 bits per heavy atom. The monoisotopic (exact) mass is 514 g/mol. The lowest BCUT2D eigenvalue weighted by atomic mass is 9.85. The Balaban J connectivity index is 1.45. The molecule has 1 heteroatoms. The minimum atomic E-state index is 0.126. The second-order valence-electron chi connectivity index (χ2n) is 10.9. The first-order chi connectivity index (χ1) is 20.5. The average molecular weight is 515 g/mol. The maximum Gasteiger partial charge on any atom is 0.136 e. The number of hydrogen-bond donors (Lipinski definition) is 0. The lowest BCUT2D eigenvalue weighted by molar-refractivity contribution is 0.669. The fourth-order valence-corrected chi connectivity index (χ4v) is 6.33. The zero-order chi connectivity index (χ0) is 28.5. The Bertz CT molecular complexity index is 2290. The highest BCUT2D eigenvalue weighted by Gasteiger charge is 2.18. The number of hydrogen-bond acceptors (Lipinski definition) is 1. The van der Waals surface area contributed by atoms with Crippen molar-refractivity contribution in [1.29, 1.82) is 0 Å². The predicted octanol–water partition coefficient (Wildman–Crippen LogP) is 11.5. The summed E-state index contributed by atoms with van der Waals surface area (Å²) in [5.41, 5.74) is 7.18. The molecule has 0 unspecified atom stereocenters. The van der Waals surface area contributed by atoms with E-state index in [-0.39, 0.29) is 12.1 Å². The molecule has 0 aliphatic rings. The van der Waals surface area contributed by atoms with Crippen LogP contribution >= 0.6 is 0 Å². The predicted molar refractivity (Wildman–Crippen MR) is 171 cm³/mol. The van der Waals surface area contributed by atoms with Gasteiger partial charge in [-0.3, -0.25) is 0 Å². The van der Waals surface area contributed by atoms with E-state index in [2.05, 4.69) is 105 Å². The highest BCUT2D eigenvalue weighted by atomic mass is 16.3. The first-order valence-corrected chi connectivity index (χ1v) is 13.9. The van der Waals surface area contributed by atoms with Crippen LogP contribution in [0.1, 0.15) is 28.1 Å². The molecule has 0 saturated carbocycles. The highest BCUT2D eigenvalue weighted by molar-refractivity contribution is 6.23. The van der Waals surface area contributed by atoms with Crippen molar-refractivity contribution in [3.8, 4) is 22.3 Å². The summed E-state index contributed by atoms with van der Waals surface area (Å²) < 4.78 is 23.9. The average Bonchev–Trinajstić information content (AvgIpc) is 3.42. The molecule has 8 aromatic rings. The van der Waals surface area contributed by atoms with Gasteiger partial charge in [0, 0.05) is 10.8 Å². The molecular weight excluding hydrogens is 484 g/mol. The molecule has 1 aromatic heterocycles. The summed E-state index contributed by atoms with van der Waals surface area (Å²) in [7, 11) is 0. The van der Waals surface area contributed by atoms with Crippen LogP contribution in [0.15, 0.2) is 132 Å². The van der Waals surface area contributed by atoms with Crippen LogP contribution < -0.4 is 0 Å². The van der Waals surface area contributed by atoms with E-state index in [1.165, 1.54) is 38.2 Å². The van der Waals surface area contributed by atoms with Crippen molar-refractivity contribution in [1.82, 2.24) is 0 Å². The van der Waals surface area contributed by atoms with Crippen LogP contribution in [0.5, 0.6) is 0 Å². The Morgan fingerprint density at radius 2 is 1.07 bits per heavy atom. The minimum Gasteiger partial charge on any atom is -0.456 e. The molecule has 0 radical (unpaired) electrons. The van der Waals surface area contributed by atoms with E-state index < -0.39 is 0 Å². The quantitative estimate of drug-likeness (QED) is 0.214. The number of rotatable bonds is 3. The number of para-hydroxylation sites is 1. The van der Waals surface area contributed by atoms with E-state index >= 15 is 0 Å². The fourth-order valence-electron chi connectivity index (χ4n) is 6.33. The van der Waals surface area contributed by atoms with Gasteiger partial charge in [-0.25, -0.2) is 0 Å². The van der Waals surface area contributed by atoms with Gasteiger partial charge in [0.2, 0.25) is 0 Å². The molecule has 0 atom stereocenters. The summed E-state index contributed by atoms with van der Waals surface area (Å²) in [5.74, 6) is 0.482. The van der Waals surface area contributed by atoms with Gasteiger partial charge in [0.25, 0.3) is 0 Å². The van der Waals surface area contributed by atoms with Crippen LogP contribution in [0, 0.1) is 0 Å². The van der Waals surface area contributed by atoms with E-state index in [1.807, 2.05) is 24.3 Å². The second-order valence-corrected chi connectivity index (χ2v) is 10.9. The molecule has 0 N–H and O–H groups in total. The van der Waals surface area contributed by atoms with E-state index in [4.69, 9.17) is 7.16 Å². The summed E-state index contributed by atoms with van der Waals surface area (Å²) in [6.07, 6.45) is 0. The molecule has 0 saturated heterocycles. The smallest absolute Gasteiger partial charge is 0.136 e. The summed E-state index contributed by atoms with van der Waals surface area (Å²) in [6, 6.07) is 40.9. The van der Waals surface area contributed by atoms with Gasteiger partial charge in [0.1, 0.15) is 11.2 Å². The zero-order valence-electron chi connectivity index (χ0n) is 24.5. The van der Waals surface area contributed by atoms with Crippen molar-refractivity contribution < 1.29 is 7.16 Å². The third kappa shape index (κ3) is 3.41. The van der Waals surface area contributed by atoms with Crippen molar-refractivity contribution in [3.63, 3.8) is 0 Å². The van der Waals surface area contributed by atoms with E-state index in [9.17, 15) is 0 Å². The van der Waals surface area contributed by atoms with Crippen molar-refractivity contribution in [2.75, 3.05) is 0 Å². The molecule has 190 valence electrons. The summed E-state index contributed by atoms with van der Waals surface area (Å²) in [5, 5.41) is 8.33. The van der Waals surface area contributed by atoms with Crippen LogP contribution in [0.2, 0.25) is 0 Å². The van der Waals surface area contributed by atoms with Crippen LogP contribution in [-0.2, 0) is 0 Å². The van der Waals surface area contributed by atoms with Gasteiger partial charge in [0.15, 0.2) is 0 Å². The normalized spacial score (nSPS) is 12.7. The molecule has 40 heavy (non-hydrogen) atoms. The van der Waals surface area contributed by atoms with Gasteiger partial charge in [-0.15, -0.1) is 0 Å². The third-order valence-corrected chi connectivity index (χ3v) is 8.28. The molecule has 0 aliphatic heterocycles. The summed E-state index contributed by atoms with van der Waals surface area (Å²) in [6.45, 7) is 4.45.